The number of nitrogens with one attached hydrogen (secondary N) is 1. The highest BCUT2D eigenvalue weighted by Gasteiger charge is 2.24. The number of hydrogen-bond donors (Lipinski definition) is 1. The van der Waals surface area contributed by atoms with Crippen LogP contribution in [0.25, 0.3) is 0 Å². The van der Waals surface area contributed by atoms with Crippen molar-refractivity contribution in [1.82, 2.24) is 4.31 Å². The first-order chi connectivity index (χ1) is 13.6. The van der Waals surface area contributed by atoms with Crippen molar-refractivity contribution < 1.29 is 17.9 Å². The number of carbonyl (C=O) groups is 1. The number of hydrogen-bond acceptors (Lipinski definition) is 4. The Balaban J connectivity index is 2.22. The Labute approximate surface area is 173 Å². The van der Waals surface area contributed by atoms with Crippen LogP contribution in [0.2, 0.25) is 0 Å². The lowest BCUT2D eigenvalue weighted by Crippen LogP contribution is -2.35. The maximum absolute atomic E-state index is 12.8. The molecule has 0 fully saturated rings. The van der Waals surface area contributed by atoms with E-state index in [9.17, 15) is 13.2 Å². The molecule has 0 atom stereocenters. The highest BCUT2D eigenvalue weighted by atomic mass is 32.2. The summed E-state index contributed by atoms with van der Waals surface area (Å²) in [5.74, 6) is 0.643. The van der Waals surface area contributed by atoms with Gasteiger partial charge in [-0.1, -0.05) is 45.9 Å². The van der Waals surface area contributed by atoms with Crippen LogP contribution in [0.3, 0.4) is 0 Å². The van der Waals surface area contributed by atoms with Crippen LogP contribution in [0.5, 0.6) is 5.75 Å². The van der Waals surface area contributed by atoms with Gasteiger partial charge in [-0.05, 0) is 47.2 Å². The number of sulfonamides is 1. The van der Waals surface area contributed by atoms with Gasteiger partial charge in [-0.15, -0.1) is 0 Å². The first kappa shape index (κ1) is 22.9. The zero-order valence-corrected chi connectivity index (χ0v) is 18.7. The summed E-state index contributed by atoms with van der Waals surface area (Å²) in [5, 5.41) is 2.95. The highest BCUT2D eigenvalue weighted by Crippen LogP contribution is 2.32. The number of carbonyl (C=O) groups excluding carboxylic acids is 1. The molecule has 0 saturated heterocycles. The number of methoxy groups -OCH3 is 1. The summed E-state index contributed by atoms with van der Waals surface area (Å²) in [6, 6.07) is 12.1. The van der Waals surface area contributed by atoms with Crippen molar-refractivity contribution in [2.75, 3.05) is 26.0 Å². The molecule has 0 radical (unpaired) electrons. The van der Waals surface area contributed by atoms with E-state index in [-0.39, 0.29) is 29.2 Å². The van der Waals surface area contributed by atoms with E-state index < -0.39 is 10.0 Å². The first-order valence-corrected chi connectivity index (χ1v) is 11.0. The molecule has 158 valence electrons. The van der Waals surface area contributed by atoms with E-state index in [0.29, 0.717) is 5.75 Å². The van der Waals surface area contributed by atoms with E-state index in [2.05, 4.69) is 33.0 Å². The molecule has 0 spiro atoms. The number of benzene rings is 2. The van der Waals surface area contributed by atoms with Crippen LogP contribution in [0.1, 0.15) is 50.7 Å². The molecule has 29 heavy (non-hydrogen) atoms. The van der Waals surface area contributed by atoms with E-state index in [4.69, 9.17) is 4.74 Å². The molecule has 0 aliphatic rings. The molecule has 7 heteroatoms. The zero-order chi connectivity index (χ0) is 21.8. The lowest BCUT2D eigenvalue weighted by molar-refractivity contribution is -0.116. The fraction of sp³-hybridized carbons (Fsp3) is 0.409. The van der Waals surface area contributed by atoms with E-state index in [0.717, 1.165) is 21.1 Å². The van der Waals surface area contributed by atoms with Crippen molar-refractivity contribution in [3.8, 4) is 5.75 Å². The second kappa shape index (κ2) is 9.41. The highest BCUT2D eigenvalue weighted by molar-refractivity contribution is 7.89. The van der Waals surface area contributed by atoms with Crippen LogP contribution in [-0.4, -0.2) is 39.3 Å². The van der Waals surface area contributed by atoms with Crippen molar-refractivity contribution in [2.24, 2.45) is 0 Å². The molecule has 1 N–H and O–H groups in total. The number of anilines is 1. The van der Waals surface area contributed by atoms with Gasteiger partial charge >= 0.3 is 0 Å². The van der Waals surface area contributed by atoms with E-state index in [1.54, 1.807) is 12.1 Å². The van der Waals surface area contributed by atoms with Gasteiger partial charge in [0.1, 0.15) is 5.75 Å². The number of rotatable bonds is 8. The Bertz CT molecular complexity index is 925. The van der Waals surface area contributed by atoms with Crippen LogP contribution in [0, 0.1) is 0 Å². The first-order valence-electron chi connectivity index (χ1n) is 9.61. The Kier molecular flexibility index (Phi) is 7.43. The summed E-state index contributed by atoms with van der Waals surface area (Å²) in [7, 11) is -0.873. The summed E-state index contributed by atoms with van der Waals surface area (Å²) >= 11 is 0. The summed E-state index contributed by atoms with van der Waals surface area (Å²) < 4.78 is 31.7. The Morgan fingerprint density at radius 1 is 1.00 bits per heavy atom. The molecule has 0 bridgehead atoms. The number of ether oxygens (including phenoxy) is 1. The SMILES string of the molecule is COc1ccc(S(=O)(=O)N(C)CC(=O)Nc2c(C(C)C)cccc2C(C)C)cc1. The molecule has 0 aliphatic heterocycles. The minimum absolute atomic E-state index is 0.110. The molecular formula is C22H30N2O4S. The van der Waals surface area contributed by atoms with Gasteiger partial charge in [0.2, 0.25) is 15.9 Å². The van der Waals surface area contributed by atoms with E-state index in [1.807, 2.05) is 18.2 Å². The molecule has 1 amide bonds. The van der Waals surface area contributed by atoms with Gasteiger partial charge in [0.05, 0.1) is 18.6 Å². The molecule has 0 aliphatic carbocycles. The van der Waals surface area contributed by atoms with Gasteiger partial charge < -0.3 is 10.1 Å². The van der Waals surface area contributed by atoms with Crippen LogP contribution < -0.4 is 10.1 Å². The average molecular weight is 419 g/mol. The second-order valence-electron chi connectivity index (χ2n) is 7.61. The van der Waals surface area contributed by atoms with Gasteiger partial charge in [0.25, 0.3) is 0 Å². The molecule has 0 unspecified atom stereocenters. The zero-order valence-electron chi connectivity index (χ0n) is 17.9. The minimum Gasteiger partial charge on any atom is -0.497 e. The van der Waals surface area contributed by atoms with Gasteiger partial charge in [0.15, 0.2) is 0 Å². The van der Waals surface area contributed by atoms with Gasteiger partial charge in [-0.25, -0.2) is 8.42 Å². The van der Waals surface area contributed by atoms with Crippen molar-refractivity contribution in [3.63, 3.8) is 0 Å². The third kappa shape index (κ3) is 5.36. The predicted molar refractivity (Wildman–Crippen MR) is 116 cm³/mol. The Morgan fingerprint density at radius 2 is 1.52 bits per heavy atom. The predicted octanol–water partition coefficient (Wildman–Crippen LogP) is 4.20. The Morgan fingerprint density at radius 3 is 1.97 bits per heavy atom. The molecule has 0 aromatic heterocycles. The summed E-state index contributed by atoms with van der Waals surface area (Å²) in [6.45, 7) is 7.98. The van der Waals surface area contributed by atoms with Crippen molar-refractivity contribution in [1.29, 1.82) is 0 Å². The van der Waals surface area contributed by atoms with Crippen molar-refractivity contribution in [2.45, 2.75) is 44.4 Å². The third-order valence-electron chi connectivity index (χ3n) is 4.77. The van der Waals surface area contributed by atoms with Crippen molar-refractivity contribution >= 4 is 21.6 Å². The maximum atomic E-state index is 12.8. The molecule has 0 heterocycles. The number of nitrogens with zero attached hydrogens (tertiary/aromatic N) is 1. The van der Waals surface area contributed by atoms with Gasteiger partial charge in [-0.2, -0.15) is 4.31 Å². The van der Waals surface area contributed by atoms with Crippen LogP contribution in [0.15, 0.2) is 47.4 Å². The van der Waals surface area contributed by atoms with Crippen LogP contribution >= 0.6 is 0 Å². The lowest BCUT2D eigenvalue weighted by atomic mass is 9.92. The normalized spacial score (nSPS) is 11.9. The topological polar surface area (TPSA) is 75.7 Å². The van der Waals surface area contributed by atoms with Crippen molar-refractivity contribution in [3.05, 3.63) is 53.6 Å². The quantitative estimate of drug-likeness (QED) is 0.697. The summed E-state index contributed by atoms with van der Waals surface area (Å²) in [5.41, 5.74) is 2.84. The molecule has 0 saturated carbocycles. The van der Waals surface area contributed by atoms with E-state index in [1.165, 1.54) is 26.3 Å². The number of para-hydroxylation sites is 1. The number of likely N-dealkylation sites (N-methyl/N-ethyl adjacent to an activating group) is 1. The molecule has 2 aromatic rings. The van der Waals surface area contributed by atoms with Crippen LogP contribution in [-0.2, 0) is 14.8 Å². The fourth-order valence-electron chi connectivity index (χ4n) is 3.09. The fourth-order valence-corrected chi connectivity index (χ4v) is 4.22. The summed E-state index contributed by atoms with van der Waals surface area (Å²) in [6.07, 6.45) is 0. The molecule has 6 nitrogen and oxygen atoms in total. The van der Waals surface area contributed by atoms with E-state index >= 15 is 0 Å². The smallest absolute Gasteiger partial charge is 0.243 e. The largest absolute Gasteiger partial charge is 0.497 e. The minimum atomic E-state index is -3.79. The third-order valence-corrected chi connectivity index (χ3v) is 6.59. The van der Waals surface area contributed by atoms with Gasteiger partial charge in [0, 0.05) is 12.7 Å². The second-order valence-corrected chi connectivity index (χ2v) is 9.65. The monoisotopic (exact) mass is 418 g/mol. The standard InChI is InChI=1S/C22H30N2O4S/c1-15(2)19-8-7-9-20(16(3)4)22(19)23-21(25)14-24(5)29(26,27)18-12-10-17(28-6)11-13-18/h7-13,15-16H,14H2,1-6H3,(H,23,25). The molecule has 2 rings (SSSR count). The number of amides is 1. The average Bonchev–Trinajstić information content (AvgIpc) is 2.67. The molecule has 2 aromatic carbocycles. The molecular weight excluding hydrogens is 388 g/mol. The summed E-state index contributed by atoms with van der Waals surface area (Å²) in [4.78, 5) is 12.8. The van der Waals surface area contributed by atoms with Crippen LogP contribution in [0.4, 0.5) is 5.69 Å². The maximum Gasteiger partial charge on any atom is 0.243 e. The Hall–Kier alpha value is -2.38. The van der Waals surface area contributed by atoms with Gasteiger partial charge in [-0.3, -0.25) is 4.79 Å². The lowest BCUT2D eigenvalue weighted by Gasteiger charge is -2.22.